The molecule has 246 valence electrons. The minimum Gasteiger partial charge on any atom is -0.504 e. The van der Waals surface area contributed by atoms with E-state index in [0.717, 1.165) is 63.5 Å². The molecule has 1 aromatic carbocycles. The number of phenols is 1. The van der Waals surface area contributed by atoms with Crippen molar-refractivity contribution in [2.75, 3.05) is 0 Å². The summed E-state index contributed by atoms with van der Waals surface area (Å²) >= 11 is 0. The summed E-state index contributed by atoms with van der Waals surface area (Å²) in [6.45, 7) is 6.84. The Balaban J connectivity index is 1.74. The summed E-state index contributed by atoms with van der Waals surface area (Å²) in [5, 5.41) is 11.5. The van der Waals surface area contributed by atoms with Gasteiger partial charge >= 0.3 is 0 Å². The van der Waals surface area contributed by atoms with Crippen molar-refractivity contribution < 1.29 is 19.3 Å². The Hall–Kier alpha value is -1.58. The van der Waals surface area contributed by atoms with Crippen LogP contribution in [0.4, 0.5) is 0 Å². The van der Waals surface area contributed by atoms with Crippen LogP contribution < -0.4 is 14.2 Å². The summed E-state index contributed by atoms with van der Waals surface area (Å²) in [6, 6.07) is 3.83. The number of phenolic OH excluding ortho intramolecular Hbond substituents is 1. The Kier molecular flexibility index (Phi) is 13.7. The van der Waals surface area contributed by atoms with Crippen LogP contribution in [-0.4, -0.2) is 21.9 Å². The second kappa shape index (κ2) is 17.2. The van der Waals surface area contributed by atoms with Crippen LogP contribution in [0.2, 0.25) is 0 Å². The lowest BCUT2D eigenvalue weighted by molar-refractivity contribution is -0.0180. The fourth-order valence-electron chi connectivity index (χ4n) is 8.37. The van der Waals surface area contributed by atoms with Crippen molar-refractivity contribution in [3.8, 4) is 23.0 Å². The molecule has 3 saturated carbocycles. The third-order valence-corrected chi connectivity index (χ3v) is 11.0. The molecule has 3 aliphatic rings. The van der Waals surface area contributed by atoms with Gasteiger partial charge in [0.2, 0.25) is 11.5 Å². The van der Waals surface area contributed by atoms with Gasteiger partial charge in [-0.2, -0.15) is 0 Å². The molecule has 4 heteroatoms. The van der Waals surface area contributed by atoms with Crippen LogP contribution in [0.3, 0.4) is 0 Å². The summed E-state index contributed by atoms with van der Waals surface area (Å²) in [5.74, 6) is 2.30. The van der Waals surface area contributed by atoms with Crippen LogP contribution in [0.15, 0.2) is 12.1 Å². The Morgan fingerprint density at radius 3 is 1.26 bits per heavy atom. The van der Waals surface area contributed by atoms with Gasteiger partial charge in [-0.1, -0.05) is 78.6 Å². The summed E-state index contributed by atoms with van der Waals surface area (Å²) < 4.78 is 21.8. The van der Waals surface area contributed by atoms with Gasteiger partial charge in [0.25, 0.3) is 0 Å². The number of hydrogen-bond acceptors (Lipinski definition) is 4. The molecule has 0 amide bonds. The fourth-order valence-corrected chi connectivity index (χ4v) is 8.37. The maximum Gasteiger partial charge on any atom is 0.208 e. The number of rotatable bonds is 18. The van der Waals surface area contributed by atoms with E-state index in [1.807, 2.05) is 12.1 Å². The normalized spacial score (nSPS) is 21.3. The molecule has 3 aliphatic carbocycles. The predicted molar refractivity (Wildman–Crippen MR) is 180 cm³/mol. The van der Waals surface area contributed by atoms with Crippen molar-refractivity contribution in [3.05, 3.63) is 12.1 Å². The Labute approximate surface area is 265 Å². The average molecular weight is 599 g/mol. The highest BCUT2D eigenvalue weighted by Gasteiger charge is 2.41. The van der Waals surface area contributed by atoms with E-state index in [9.17, 15) is 5.11 Å². The lowest BCUT2D eigenvalue weighted by atomic mass is 9.80. The van der Waals surface area contributed by atoms with E-state index < -0.39 is 0 Å². The molecule has 43 heavy (non-hydrogen) atoms. The van der Waals surface area contributed by atoms with Crippen LogP contribution in [0, 0.1) is 0 Å². The van der Waals surface area contributed by atoms with Crippen molar-refractivity contribution in [1.29, 1.82) is 0 Å². The summed E-state index contributed by atoms with van der Waals surface area (Å²) in [5.41, 5.74) is -0.583. The molecule has 4 nitrogen and oxygen atoms in total. The topological polar surface area (TPSA) is 47.9 Å². The third-order valence-electron chi connectivity index (χ3n) is 11.0. The van der Waals surface area contributed by atoms with Gasteiger partial charge in [0.05, 0.1) is 0 Å². The first kappa shape index (κ1) is 34.3. The minimum atomic E-state index is -0.229. The van der Waals surface area contributed by atoms with Gasteiger partial charge in [-0.3, -0.25) is 0 Å². The smallest absolute Gasteiger partial charge is 0.208 e. The number of ether oxygens (including phenoxy) is 3. The van der Waals surface area contributed by atoms with Gasteiger partial charge in [-0.25, -0.2) is 0 Å². The SMILES string of the molecule is CCCCCC1(Oc2ccc(O)c(OC3(CCCCC)CCCCC3)c2OC2(CCCCC)CCCCC2)CCCCC1. The van der Waals surface area contributed by atoms with E-state index in [4.69, 9.17) is 14.2 Å². The molecule has 0 aromatic heterocycles. The predicted octanol–water partition coefficient (Wildman–Crippen LogP) is 12.4. The highest BCUT2D eigenvalue weighted by atomic mass is 16.6. The van der Waals surface area contributed by atoms with E-state index in [-0.39, 0.29) is 22.6 Å². The molecule has 0 unspecified atom stereocenters. The molecule has 0 saturated heterocycles. The summed E-state index contributed by atoms with van der Waals surface area (Å²) in [7, 11) is 0. The zero-order chi connectivity index (χ0) is 30.4. The lowest BCUT2D eigenvalue weighted by Gasteiger charge is -2.43. The molecule has 1 N–H and O–H groups in total. The van der Waals surface area contributed by atoms with E-state index in [1.54, 1.807) is 0 Å². The highest BCUT2D eigenvalue weighted by molar-refractivity contribution is 5.59. The van der Waals surface area contributed by atoms with Crippen LogP contribution in [0.25, 0.3) is 0 Å². The van der Waals surface area contributed by atoms with Crippen molar-refractivity contribution in [2.24, 2.45) is 0 Å². The maximum absolute atomic E-state index is 11.5. The van der Waals surface area contributed by atoms with E-state index in [1.165, 1.54) is 116 Å². The Bertz CT molecular complexity index is 921. The average Bonchev–Trinajstić information content (AvgIpc) is 3.02. The molecular formula is C39H66O4. The van der Waals surface area contributed by atoms with Gasteiger partial charge in [0.1, 0.15) is 16.8 Å². The number of unbranched alkanes of at least 4 members (excludes halogenated alkanes) is 6. The summed E-state index contributed by atoms with van der Waals surface area (Å²) in [4.78, 5) is 0. The molecule has 0 heterocycles. The monoisotopic (exact) mass is 598 g/mol. The van der Waals surface area contributed by atoms with Crippen LogP contribution in [-0.2, 0) is 0 Å². The first-order chi connectivity index (χ1) is 21.0. The van der Waals surface area contributed by atoms with Crippen LogP contribution >= 0.6 is 0 Å². The lowest BCUT2D eigenvalue weighted by Crippen LogP contribution is -2.41. The third kappa shape index (κ3) is 9.70. The second-order valence-electron chi connectivity index (χ2n) is 14.6. The molecular weight excluding hydrogens is 532 g/mol. The molecule has 0 aliphatic heterocycles. The molecule has 0 radical (unpaired) electrons. The molecule has 0 atom stereocenters. The van der Waals surface area contributed by atoms with Crippen molar-refractivity contribution >= 4 is 0 Å². The zero-order valence-corrected chi connectivity index (χ0v) is 28.4. The van der Waals surface area contributed by atoms with Gasteiger partial charge in [0, 0.05) is 0 Å². The van der Waals surface area contributed by atoms with Crippen molar-refractivity contribution in [3.63, 3.8) is 0 Å². The molecule has 3 fully saturated rings. The first-order valence-corrected chi connectivity index (χ1v) is 18.9. The van der Waals surface area contributed by atoms with E-state index >= 15 is 0 Å². The van der Waals surface area contributed by atoms with E-state index in [0.29, 0.717) is 11.5 Å². The fraction of sp³-hybridized carbons (Fsp3) is 0.846. The van der Waals surface area contributed by atoms with E-state index in [2.05, 4.69) is 20.8 Å². The zero-order valence-electron chi connectivity index (χ0n) is 28.4. The highest BCUT2D eigenvalue weighted by Crippen LogP contribution is 2.53. The first-order valence-electron chi connectivity index (χ1n) is 18.9. The molecule has 0 spiro atoms. The van der Waals surface area contributed by atoms with Crippen LogP contribution in [0.1, 0.15) is 194 Å². The van der Waals surface area contributed by atoms with Gasteiger partial charge in [-0.05, 0) is 128 Å². The molecule has 4 rings (SSSR count). The maximum atomic E-state index is 11.5. The number of aromatic hydroxyl groups is 1. The molecule has 0 bridgehead atoms. The Morgan fingerprint density at radius 2 is 0.860 bits per heavy atom. The van der Waals surface area contributed by atoms with Gasteiger partial charge in [-0.15, -0.1) is 0 Å². The summed E-state index contributed by atoms with van der Waals surface area (Å²) in [6.07, 6.45) is 31.7. The van der Waals surface area contributed by atoms with Gasteiger partial charge in [0.15, 0.2) is 11.5 Å². The number of benzene rings is 1. The van der Waals surface area contributed by atoms with Crippen molar-refractivity contribution in [1.82, 2.24) is 0 Å². The van der Waals surface area contributed by atoms with Gasteiger partial charge < -0.3 is 19.3 Å². The second-order valence-corrected chi connectivity index (χ2v) is 14.6. The largest absolute Gasteiger partial charge is 0.504 e. The molecule has 1 aromatic rings. The number of hydrogen-bond donors (Lipinski definition) is 1. The van der Waals surface area contributed by atoms with Crippen molar-refractivity contribution in [2.45, 2.75) is 211 Å². The standard InChI is InChI=1S/C39H66O4/c1-4-7-13-24-37(27-16-10-17-28-37)41-34-23-22-33(40)35(42-38(25-14-8-5-2)29-18-11-19-30-38)36(34)43-39(26-15-9-6-3)31-20-12-21-32-39/h22-23,40H,4-21,24-32H2,1-3H3. The quantitative estimate of drug-likeness (QED) is 0.171. The van der Waals surface area contributed by atoms with Crippen LogP contribution in [0.5, 0.6) is 23.0 Å². The Morgan fingerprint density at radius 1 is 0.488 bits per heavy atom. The minimum absolute atomic E-state index is 0.147.